The number of hydrogen-bond acceptors (Lipinski definition) is 5. The van der Waals surface area contributed by atoms with Crippen LogP contribution in [0, 0.1) is 18.8 Å². The number of benzene rings is 1. The predicted octanol–water partition coefficient (Wildman–Crippen LogP) is 3.99. The summed E-state index contributed by atoms with van der Waals surface area (Å²) in [7, 11) is 2.25. The first-order chi connectivity index (χ1) is 12.7. The molecule has 0 bridgehead atoms. The van der Waals surface area contributed by atoms with Crippen LogP contribution in [0.3, 0.4) is 0 Å². The molecule has 2 aromatic rings. The van der Waals surface area contributed by atoms with E-state index >= 15 is 0 Å². The zero-order valence-electron chi connectivity index (χ0n) is 16.0. The van der Waals surface area contributed by atoms with E-state index in [0.29, 0.717) is 11.7 Å². The van der Waals surface area contributed by atoms with Crippen molar-refractivity contribution in [2.45, 2.75) is 39.0 Å². The number of piperidine rings is 2. The monoisotopic (exact) mass is 354 g/mol. The lowest BCUT2D eigenvalue weighted by Crippen LogP contribution is -2.36. The summed E-state index contributed by atoms with van der Waals surface area (Å²) in [6.07, 6.45) is 6.89. The van der Waals surface area contributed by atoms with Crippen LogP contribution >= 0.6 is 0 Å². The van der Waals surface area contributed by atoms with Crippen LogP contribution in [0.25, 0.3) is 11.5 Å². The Morgan fingerprint density at radius 3 is 2.15 bits per heavy atom. The van der Waals surface area contributed by atoms with Crippen LogP contribution in [-0.2, 0) is 0 Å². The number of rotatable bonds is 4. The molecule has 0 unspecified atom stereocenters. The van der Waals surface area contributed by atoms with Gasteiger partial charge in [0.2, 0.25) is 0 Å². The zero-order valence-corrected chi connectivity index (χ0v) is 16.0. The van der Waals surface area contributed by atoms with Gasteiger partial charge in [0, 0.05) is 24.3 Å². The van der Waals surface area contributed by atoms with Crippen LogP contribution < -0.4 is 4.90 Å². The van der Waals surface area contributed by atoms with Gasteiger partial charge >= 0.3 is 0 Å². The Kier molecular flexibility index (Phi) is 5.25. The molecule has 2 fully saturated rings. The molecule has 0 amide bonds. The van der Waals surface area contributed by atoms with Gasteiger partial charge in [-0.25, -0.2) is 0 Å². The third-order valence-electron chi connectivity index (χ3n) is 6.13. The first-order valence-electron chi connectivity index (χ1n) is 10.0. The van der Waals surface area contributed by atoms with Gasteiger partial charge < -0.3 is 14.3 Å². The molecule has 0 spiro atoms. The van der Waals surface area contributed by atoms with Crippen molar-refractivity contribution in [2.24, 2.45) is 11.8 Å². The number of nitrogens with zero attached hydrogens (tertiary/aromatic N) is 4. The summed E-state index contributed by atoms with van der Waals surface area (Å²) in [4.78, 5) is 9.29. The molecule has 0 N–H and O–H groups in total. The number of anilines is 1. The summed E-state index contributed by atoms with van der Waals surface area (Å²) in [5, 5.41) is 3.87. The van der Waals surface area contributed by atoms with E-state index in [4.69, 9.17) is 4.52 Å². The standard InChI is InChI=1S/C21H30N4O/c1-16-22-21(26-23-16)19-3-5-20(6-4-19)25-13-9-18(10-14-25)15-17-7-11-24(2)12-8-17/h3-6,17-18H,7-15H2,1-2H3. The maximum atomic E-state index is 5.25. The molecule has 26 heavy (non-hydrogen) atoms. The molecule has 140 valence electrons. The molecule has 0 radical (unpaired) electrons. The minimum Gasteiger partial charge on any atom is -0.372 e. The highest BCUT2D eigenvalue weighted by atomic mass is 16.5. The maximum Gasteiger partial charge on any atom is 0.257 e. The van der Waals surface area contributed by atoms with Gasteiger partial charge in [0.05, 0.1) is 0 Å². The highest BCUT2D eigenvalue weighted by Gasteiger charge is 2.24. The average molecular weight is 354 g/mol. The molecule has 4 rings (SSSR count). The van der Waals surface area contributed by atoms with Crippen LogP contribution in [0.1, 0.15) is 37.9 Å². The first kappa shape index (κ1) is 17.5. The second-order valence-electron chi connectivity index (χ2n) is 8.11. The fraction of sp³-hybridized carbons (Fsp3) is 0.619. The van der Waals surface area contributed by atoms with Crippen molar-refractivity contribution in [1.29, 1.82) is 0 Å². The molecule has 1 aromatic carbocycles. The smallest absolute Gasteiger partial charge is 0.257 e. The third kappa shape index (κ3) is 4.09. The molecule has 3 heterocycles. The van der Waals surface area contributed by atoms with E-state index in [-0.39, 0.29) is 0 Å². The van der Waals surface area contributed by atoms with E-state index in [0.717, 1.165) is 17.4 Å². The van der Waals surface area contributed by atoms with E-state index in [1.807, 2.05) is 6.92 Å². The molecule has 0 aliphatic carbocycles. The van der Waals surface area contributed by atoms with Crippen molar-refractivity contribution in [3.05, 3.63) is 30.1 Å². The van der Waals surface area contributed by atoms with Gasteiger partial charge in [-0.2, -0.15) is 4.98 Å². The van der Waals surface area contributed by atoms with Crippen LogP contribution in [0.2, 0.25) is 0 Å². The van der Waals surface area contributed by atoms with Crippen molar-refractivity contribution in [2.75, 3.05) is 38.1 Å². The minimum absolute atomic E-state index is 0.603. The first-order valence-corrected chi connectivity index (χ1v) is 10.0. The van der Waals surface area contributed by atoms with Gasteiger partial charge in [-0.1, -0.05) is 5.16 Å². The summed E-state index contributed by atoms with van der Waals surface area (Å²) in [6.45, 7) is 6.77. The van der Waals surface area contributed by atoms with Crippen LogP contribution in [-0.4, -0.2) is 48.3 Å². The molecule has 0 saturated carbocycles. The molecule has 0 atom stereocenters. The van der Waals surface area contributed by atoms with Gasteiger partial charge in [0.1, 0.15) is 0 Å². The Hall–Kier alpha value is -1.88. The van der Waals surface area contributed by atoms with Crippen molar-refractivity contribution in [3.63, 3.8) is 0 Å². The van der Waals surface area contributed by atoms with Gasteiger partial charge in [-0.15, -0.1) is 0 Å². The zero-order chi connectivity index (χ0) is 17.9. The maximum absolute atomic E-state index is 5.25. The lowest BCUT2D eigenvalue weighted by Gasteiger charge is -2.37. The fourth-order valence-corrected chi connectivity index (χ4v) is 4.43. The second-order valence-corrected chi connectivity index (χ2v) is 8.11. The summed E-state index contributed by atoms with van der Waals surface area (Å²) in [5.41, 5.74) is 2.30. The molecule has 2 saturated heterocycles. The normalized spacial score (nSPS) is 20.6. The van der Waals surface area contributed by atoms with Crippen LogP contribution in [0.4, 0.5) is 5.69 Å². The van der Waals surface area contributed by atoms with E-state index in [2.05, 4.69) is 51.3 Å². The number of likely N-dealkylation sites (tertiary alicyclic amines) is 1. The minimum atomic E-state index is 0.603. The lowest BCUT2D eigenvalue weighted by molar-refractivity contribution is 0.187. The SMILES string of the molecule is Cc1noc(-c2ccc(N3CCC(CC4CCN(C)CC4)CC3)cc2)n1. The Labute approximate surface area is 156 Å². The third-order valence-corrected chi connectivity index (χ3v) is 6.13. The largest absolute Gasteiger partial charge is 0.372 e. The lowest BCUT2D eigenvalue weighted by atomic mass is 9.83. The molecule has 2 aliphatic heterocycles. The van der Waals surface area contributed by atoms with Gasteiger partial charge in [-0.05, 0) is 95.3 Å². The van der Waals surface area contributed by atoms with E-state index in [1.165, 1.54) is 64.0 Å². The van der Waals surface area contributed by atoms with E-state index in [1.54, 1.807) is 0 Å². The topological polar surface area (TPSA) is 45.4 Å². The quantitative estimate of drug-likeness (QED) is 0.831. The predicted molar refractivity (Wildman–Crippen MR) is 104 cm³/mol. The molecular formula is C21H30N4O. The summed E-state index contributed by atoms with van der Waals surface area (Å²) in [5.74, 6) is 3.15. The Bertz CT molecular complexity index is 695. The highest BCUT2D eigenvalue weighted by molar-refractivity contribution is 5.59. The molecule has 5 nitrogen and oxygen atoms in total. The van der Waals surface area contributed by atoms with Crippen LogP contribution in [0.5, 0.6) is 0 Å². The molecule has 2 aliphatic rings. The summed E-state index contributed by atoms with van der Waals surface area (Å²) >= 11 is 0. The van der Waals surface area contributed by atoms with E-state index < -0.39 is 0 Å². The van der Waals surface area contributed by atoms with Gasteiger partial charge in [0.25, 0.3) is 5.89 Å². The number of aryl methyl sites for hydroxylation is 1. The molecule has 5 heteroatoms. The second kappa shape index (κ2) is 7.78. The van der Waals surface area contributed by atoms with Gasteiger partial charge in [-0.3, -0.25) is 0 Å². The fourth-order valence-electron chi connectivity index (χ4n) is 4.43. The number of aromatic nitrogens is 2. The summed E-state index contributed by atoms with van der Waals surface area (Å²) < 4.78 is 5.25. The van der Waals surface area contributed by atoms with Crippen LogP contribution in [0.15, 0.2) is 28.8 Å². The Balaban J connectivity index is 1.29. The Morgan fingerprint density at radius 2 is 1.58 bits per heavy atom. The Morgan fingerprint density at radius 1 is 0.962 bits per heavy atom. The van der Waals surface area contributed by atoms with Crippen molar-refractivity contribution >= 4 is 5.69 Å². The average Bonchev–Trinajstić information content (AvgIpc) is 3.11. The number of hydrogen-bond donors (Lipinski definition) is 0. The molecular weight excluding hydrogens is 324 g/mol. The van der Waals surface area contributed by atoms with Crippen molar-refractivity contribution in [3.8, 4) is 11.5 Å². The molecule has 1 aromatic heterocycles. The summed E-state index contributed by atoms with van der Waals surface area (Å²) in [6, 6.07) is 8.55. The van der Waals surface area contributed by atoms with Crippen molar-refractivity contribution < 1.29 is 4.52 Å². The van der Waals surface area contributed by atoms with Crippen molar-refractivity contribution in [1.82, 2.24) is 15.0 Å². The van der Waals surface area contributed by atoms with E-state index in [9.17, 15) is 0 Å². The van der Waals surface area contributed by atoms with Gasteiger partial charge in [0.15, 0.2) is 5.82 Å². The highest BCUT2D eigenvalue weighted by Crippen LogP contribution is 2.31.